The van der Waals surface area contributed by atoms with Crippen molar-refractivity contribution in [1.82, 2.24) is 10.0 Å². The fraction of sp³-hybridized carbons (Fsp3) is 0.263. The zero-order chi connectivity index (χ0) is 19.1. The van der Waals surface area contributed by atoms with E-state index in [-0.39, 0.29) is 35.5 Å². The van der Waals surface area contributed by atoms with Crippen LogP contribution in [0.4, 0.5) is 8.78 Å². The number of benzene rings is 2. The molecule has 0 bridgehead atoms. The zero-order valence-corrected chi connectivity index (χ0v) is 14.9. The predicted octanol–water partition coefficient (Wildman–Crippen LogP) is 2.98. The van der Waals surface area contributed by atoms with E-state index >= 15 is 0 Å². The second-order valence-electron chi connectivity index (χ2n) is 6.33. The molecule has 2 aliphatic heterocycles. The first-order chi connectivity index (χ1) is 13.0. The highest BCUT2D eigenvalue weighted by Crippen LogP contribution is 2.36. The first-order valence-electron chi connectivity index (χ1n) is 8.42. The number of hydrogen-bond donors (Lipinski definition) is 0. The van der Waals surface area contributed by atoms with E-state index in [1.807, 2.05) is 0 Å². The molecule has 0 atom stereocenters. The molecule has 27 heavy (non-hydrogen) atoms. The topological polar surface area (TPSA) is 49.9 Å². The lowest BCUT2D eigenvalue weighted by atomic mass is 9.94. The molecule has 2 aromatic carbocycles. The van der Waals surface area contributed by atoms with Gasteiger partial charge in [-0.2, -0.15) is 0 Å². The molecule has 0 aromatic heterocycles. The Kier molecular flexibility index (Phi) is 4.57. The molecule has 2 amide bonds. The van der Waals surface area contributed by atoms with Crippen molar-refractivity contribution in [2.75, 3.05) is 26.3 Å². The molecule has 2 aliphatic rings. The van der Waals surface area contributed by atoms with Crippen LogP contribution in [0.15, 0.2) is 36.4 Å². The van der Waals surface area contributed by atoms with Gasteiger partial charge < -0.3 is 4.74 Å². The number of nitrogens with zero attached hydrogens (tertiary/aromatic N) is 2. The molecule has 0 spiro atoms. The number of amides is 2. The van der Waals surface area contributed by atoms with E-state index in [0.29, 0.717) is 24.3 Å². The third-order valence-electron chi connectivity index (χ3n) is 4.74. The summed E-state index contributed by atoms with van der Waals surface area (Å²) in [7, 11) is 0. The van der Waals surface area contributed by atoms with Crippen molar-refractivity contribution in [2.24, 2.45) is 0 Å². The van der Waals surface area contributed by atoms with E-state index in [1.165, 1.54) is 28.2 Å². The highest BCUT2D eigenvalue weighted by atomic mass is 35.5. The van der Waals surface area contributed by atoms with Crippen LogP contribution in [0, 0.1) is 11.6 Å². The van der Waals surface area contributed by atoms with E-state index in [9.17, 15) is 18.4 Å². The van der Waals surface area contributed by atoms with Crippen LogP contribution in [0.2, 0.25) is 5.02 Å². The van der Waals surface area contributed by atoms with Crippen LogP contribution in [0.5, 0.6) is 0 Å². The number of carbonyl (C=O) groups is 2. The monoisotopic (exact) mass is 392 g/mol. The summed E-state index contributed by atoms with van der Waals surface area (Å²) < 4.78 is 32.6. The van der Waals surface area contributed by atoms with Gasteiger partial charge in [-0.15, -0.1) is 0 Å². The van der Waals surface area contributed by atoms with Crippen LogP contribution < -0.4 is 0 Å². The van der Waals surface area contributed by atoms with Crippen LogP contribution >= 0.6 is 11.6 Å². The molecule has 2 aromatic rings. The Bertz CT molecular complexity index is 913. The summed E-state index contributed by atoms with van der Waals surface area (Å²) in [5.41, 5.74) is 0.880. The summed E-state index contributed by atoms with van der Waals surface area (Å²) in [6.45, 7) is 1.25. The minimum atomic E-state index is -1.08. The molecular weight excluding hydrogens is 378 g/mol. The number of halogens is 3. The minimum Gasteiger partial charge on any atom is -0.378 e. The second-order valence-corrected chi connectivity index (χ2v) is 6.74. The average molecular weight is 393 g/mol. The van der Waals surface area contributed by atoms with Crippen molar-refractivity contribution >= 4 is 23.4 Å². The van der Waals surface area contributed by atoms with E-state index < -0.39 is 17.6 Å². The highest BCUT2D eigenvalue weighted by molar-refractivity contribution is 6.32. The largest absolute Gasteiger partial charge is 0.378 e. The first-order valence-corrected chi connectivity index (χ1v) is 8.80. The molecule has 2 saturated heterocycles. The summed E-state index contributed by atoms with van der Waals surface area (Å²) in [4.78, 5) is 25.7. The fourth-order valence-corrected chi connectivity index (χ4v) is 3.66. The van der Waals surface area contributed by atoms with Gasteiger partial charge in [0, 0.05) is 16.7 Å². The first kappa shape index (κ1) is 17.9. The van der Waals surface area contributed by atoms with Crippen LogP contribution in [-0.4, -0.2) is 48.1 Å². The Morgan fingerprint density at radius 1 is 0.963 bits per heavy atom. The highest BCUT2D eigenvalue weighted by Gasteiger charge is 2.47. The summed E-state index contributed by atoms with van der Waals surface area (Å²) in [5, 5.41) is 2.99. The lowest BCUT2D eigenvalue weighted by molar-refractivity contribution is -0.145. The quantitative estimate of drug-likeness (QED) is 0.738. The number of hydrazine groups is 1. The molecule has 5 nitrogen and oxygen atoms in total. The van der Waals surface area contributed by atoms with Gasteiger partial charge in [0.15, 0.2) is 0 Å². The minimum absolute atomic E-state index is 0.162. The Morgan fingerprint density at radius 2 is 1.63 bits per heavy atom. The van der Waals surface area contributed by atoms with Crippen molar-refractivity contribution < 1.29 is 23.1 Å². The van der Waals surface area contributed by atoms with Gasteiger partial charge in [0.05, 0.1) is 26.3 Å². The van der Waals surface area contributed by atoms with Gasteiger partial charge in [0.2, 0.25) is 0 Å². The average Bonchev–Trinajstić information content (AvgIpc) is 2.81. The van der Waals surface area contributed by atoms with E-state index in [0.717, 1.165) is 12.1 Å². The third-order valence-corrected chi connectivity index (χ3v) is 5.08. The maximum atomic E-state index is 14.1. The molecule has 0 saturated carbocycles. The van der Waals surface area contributed by atoms with Crippen LogP contribution in [0.25, 0.3) is 11.1 Å². The van der Waals surface area contributed by atoms with Crippen molar-refractivity contribution in [2.45, 2.75) is 5.92 Å². The smallest absolute Gasteiger partial charge is 0.258 e. The van der Waals surface area contributed by atoms with Gasteiger partial charge in [0.1, 0.15) is 17.6 Å². The Balaban J connectivity index is 1.76. The van der Waals surface area contributed by atoms with Crippen LogP contribution in [0.3, 0.4) is 0 Å². The number of rotatable bonds is 2. The molecular formula is C19H15ClF2N2O3. The SMILES string of the molecule is O=C1C(c2cc(-c3ccc(F)cc3F)ccc2Cl)C(=O)N2CCOCCN12. The number of hydrogen-bond acceptors (Lipinski definition) is 3. The lowest BCUT2D eigenvalue weighted by Gasteiger charge is -2.23. The van der Waals surface area contributed by atoms with Crippen LogP contribution in [0.1, 0.15) is 11.5 Å². The van der Waals surface area contributed by atoms with Crippen molar-refractivity contribution in [1.29, 1.82) is 0 Å². The number of fused-ring (bicyclic) bond motifs is 1. The standard InChI is InChI=1S/C19H15ClF2N2O3/c20-15-4-1-11(13-3-2-12(21)10-16(13)22)9-14(15)17-18(25)23-5-7-27-8-6-24(23)19(17)26/h1-4,9-10,17H,5-8H2. The van der Waals surface area contributed by atoms with Crippen molar-refractivity contribution in [3.05, 3.63) is 58.6 Å². The molecule has 0 N–H and O–H groups in total. The summed E-state index contributed by atoms with van der Waals surface area (Å²) in [6.07, 6.45) is 0. The summed E-state index contributed by atoms with van der Waals surface area (Å²) >= 11 is 6.27. The number of ether oxygens (including phenoxy) is 1. The van der Waals surface area contributed by atoms with Crippen molar-refractivity contribution in [3.8, 4) is 11.1 Å². The summed E-state index contributed by atoms with van der Waals surface area (Å²) in [6, 6.07) is 7.84. The molecule has 0 unspecified atom stereocenters. The predicted molar refractivity (Wildman–Crippen MR) is 93.8 cm³/mol. The maximum absolute atomic E-state index is 14.1. The zero-order valence-electron chi connectivity index (χ0n) is 14.1. The van der Waals surface area contributed by atoms with Crippen LogP contribution in [-0.2, 0) is 14.3 Å². The molecule has 4 rings (SSSR count). The lowest BCUT2D eigenvalue weighted by Crippen LogP contribution is -2.41. The van der Waals surface area contributed by atoms with Crippen molar-refractivity contribution in [3.63, 3.8) is 0 Å². The second kappa shape index (κ2) is 6.90. The normalized spacial score (nSPS) is 18.0. The molecule has 8 heteroatoms. The van der Waals surface area contributed by atoms with E-state index in [2.05, 4.69) is 0 Å². The van der Waals surface area contributed by atoms with Gasteiger partial charge in [-0.3, -0.25) is 9.59 Å². The third kappa shape index (κ3) is 3.07. The maximum Gasteiger partial charge on any atom is 0.258 e. The van der Waals surface area contributed by atoms with Gasteiger partial charge in [-0.05, 0) is 35.4 Å². The molecule has 2 heterocycles. The van der Waals surface area contributed by atoms with Gasteiger partial charge >= 0.3 is 0 Å². The molecule has 2 fully saturated rings. The van der Waals surface area contributed by atoms with Gasteiger partial charge in [-0.25, -0.2) is 18.8 Å². The van der Waals surface area contributed by atoms with Gasteiger partial charge in [0.25, 0.3) is 11.8 Å². The Hall–Kier alpha value is -2.51. The van der Waals surface area contributed by atoms with E-state index in [4.69, 9.17) is 16.3 Å². The van der Waals surface area contributed by atoms with Gasteiger partial charge in [-0.1, -0.05) is 17.7 Å². The fourth-order valence-electron chi connectivity index (χ4n) is 3.43. The molecule has 0 radical (unpaired) electrons. The molecule has 0 aliphatic carbocycles. The summed E-state index contributed by atoms with van der Waals surface area (Å²) in [5.74, 6) is -3.27. The Labute approximate surface area is 159 Å². The number of carbonyl (C=O) groups excluding carboxylic acids is 2. The Morgan fingerprint density at radius 3 is 2.26 bits per heavy atom. The molecule has 140 valence electrons. The van der Waals surface area contributed by atoms with E-state index in [1.54, 1.807) is 6.07 Å².